The smallest absolute Gasteiger partial charge is 0.303 e. The number of carbonyl (C=O) groups excluding carboxylic acids is 1. The maximum absolute atomic E-state index is 12.1. The highest BCUT2D eigenvalue weighted by Gasteiger charge is 2.30. The Balaban J connectivity index is 1.94. The van der Waals surface area contributed by atoms with Gasteiger partial charge in [0.2, 0.25) is 5.91 Å². The first-order valence-corrected chi connectivity index (χ1v) is 8.43. The Morgan fingerprint density at radius 3 is 2.96 bits per heavy atom. The summed E-state index contributed by atoms with van der Waals surface area (Å²) in [5.41, 5.74) is 15.0. The molecule has 1 aliphatic rings. The van der Waals surface area contributed by atoms with E-state index < -0.39 is 0 Å². The highest BCUT2D eigenvalue weighted by molar-refractivity contribution is 7.13. The zero-order chi connectivity index (χ0) is 16.6. The number of guanidine groups is 1. The van der Waals surface area contributed by atoms with Crippen molar-refractivity contribution in [2.24, 2.45) is 11.5 Å². The molecule has 5 N–H and O–H groups in total. The molecule has 0 radical (unpaired) electrons. The Morgan fingerprint density at radius 2 is 2.26 bits per heavy atom. The molecule has 0 bridgehead atoms. The standard InChI is InChI=1S/C16H19N5OS/c1-3-14(22)21-9(2)6-11-7-10(4-5-13(11)21)12-8-23-16(19-12)20-15(17)18/h4-5,7-9H,3,6H2,1-2H3,(H4,17,18,19,20)/p+1/t9-/m0/s1. The van der Waals surface area contributed by atoms with Crippen molar-refractivity contribution in [3.05, 3.63) is 29.1 Å². The Hall–Kier alpha value is -2.41. The number of nitrogens with two attached hydrogens (primary N) is 2. The summed E-state index contributed by atoms with van der Waals surface area (Å²) in [6.45, 7) is 3.98. The molecular weight excluding hydrogens is 310 g/mol. The maximum Gasteiger partial charge on any atom is 0.303 e. The van der Waals surface area contributed by atoms with Crippen molar-refractivity contribution in [2.45, 2.75) is 32.7 Å². The van der Waals surface area contributed by atoms with Crippen molar-refractivity contribution in [1.82, 2.24) is 4.98 Å². The van der Waals surface area contributed by atoms with E-state index in [9.17, 15) is 4.79 Å². The van der Waals surface area contributed by atoms with Gasteiger partial charge in [0.1, 0.15) is 5.69 Å². The lowest BCUT2D eigenvalue weighted by Gasteiger charge is -2.22. The topological polar surface area (TPSA) is 99.2 Å². The first kappa shape index (κ1) is 15.5. The van der Waals surface area contributed by atoms with Crippen molar-refractivity contribution in [1.29, 1.82) is 0 Å². The van der Waals surface area contributed by atoms with Crippen LogP contribution >= 0.6 is 11.3 Å². The van der Waals surface area contributed by atoms with Crippen LogP contribution in [0.1, 0.15) is 25.8 Å². The summed E-state index contributed by atoms with van der Waals surface area (Å²) in [6, 6.07) is 6.33. The molecule has 1 amide bonds. The van der Waals surface area contributed by atoms with Crippen LogP contribution in [0.25, 0.3) is 11.3 Å². The zero-order valence-electron chi connectivity index (χ0n) is 13.2. The lowest BCUT2D eigenvalue weighted by Crippen LogP contribution is -2.72. The first-order chi connectivity index (χ1) is 11.0. The Morgan fingerprint density at radius 1 is 1.48 bits per heavy atom. The minimum Gasteiger partial charge on any atom is -0.311 e. The predicted molar refractivity (Wildman–Crippen MR) is 92.5 cm³/mol. The van der Waals surface area contributed by atoms with Crippen LogP contribution in [0.15, 0.2) is 23.6 Å². The molecule has 7 heteroatoms. The van der Waals surface area contributed by atoms with E-state index >= 15 is 0 Å². The first-order valence-electron chi connectivity index (χ1n) is 7.55. The van der Waals surface area contributed by atoms with E-state index in [2.05, 4.69) is 23.0 Å². The van der Waals surface area contributed by atoms with Crippen molar-refractivity contribution in [3.63, 3.8) is 0 Å². The molecule has 120 valence electrons. The highest BCUT2D eigenvalue weighted by Crippen LogP contribution is 2.36. The molecule has 1 atom stereocenters. The Bertz CT molecular complexity index is 779. The average Bonchev–Trinajstić information content (AvgIpc) is 3.08. The molecule has 0 saturated heterocycles. The van der Waals surface area contributed by atoms with Crippen molar-refractivity contribution in [2.75, 3.05) is 4.90 Å². The molecule has 1 aromatic carbocycles. The number of amides is 1. The molecule has 0 unspecified atom stereocenters. The number of aromatic nitrogens is 1. The summed E-state index contributed by atoms with van der Waals surface area (Å²) in [5.74, 6) is 0.292. The van der Waals surface area contributed by atoms with Crippen LogP contribution in [-0.2, 0) is 11.2 Å². The minimum atomic E-state index is 0.127. The number of fused-ring (bicyclic) bond motifs is 1. The van der Waals surface area contributed by atoms with Crippen LogP contribution in [0.4, 0.5) is 10.8 Å². The fourth-order valence-corrected chi connectivity index (χ4v) is 3.67. The molecule has 0 spiro atoms. The van der Waals surface area contributed by atoms with Crippen molar-refractivity contribution < 1.29 is 9.79 Å². The van der Waals surface area contributed by atoms with Gasteiger partial charge in [-0.15, -0.1) is 4.98 Å². The van der Waals surface area contributed by atoms with E-state index in [0.717, 1.165) is 23.4 Å². The summed E-state index contributed by atoms with van der Waals surface area (Å²) in [7, 11) is 0. The third-order valence-electron chi connectivity index (χ3n) is 3.92. The van der Waals surface area contributed by atoms with Crippen molar-refractivity contribution >= 4 is 34.0 Å². The molecule has 3 rings (SSSR count). The summed E-state index contributed by atoms with van der Waals surface area (Å²) >= 11 is 1.45. The monoisotopic (exact) mass is 330 g/mol. The van der Waals surface area contributed by atoms with E-state index in [1.165, 1.54) is 16.9 Å². The largest absolute Gasteiger partial charge is 0.311 e. The molecule has 0 aliphatic carbocycles. The van der Waals surface area contributed by atoms with Crippen LogP contribution in [0.3, 0.4) is 0 Å². The van der Waals surface area contributed by atoms with E-state index in [4.69, 9.17) is 11.5 Å². The van der Waals surface area contributed by atoms with Gasteiger partial charge in [0.15, 0.2) is 0 Å². The number of nitrogens with zero attached hydrogens (tertiary/aromatic N) is 2. The van der Waals surface area contributed by atoms with Crippen LogP contribution in [0.5, 0.6) is 0 Å². The van der Waals surface area contributed by atoms with Crippen LogP contribution in [0.2, 0.25) is 0 Å². The lowest BCUT2D eigenvalue weighted by atomic mass is 10.1. The fraction of sp³-hybridized carbons (Fsp3) is 0.312. The number of benzene rings is 1. The SMILES string of the molecule is CCC(=O)N1c2ccc(-c3csc([NH+]=C(N)N)n3)cc2C[C@@H]1C. The average molecular weight is 330 g/mol. The summed E-state index contributed by atoms with van der Waals surface area (Å²) in [5, 5.41) is 2.62. The van der Waals surface area contributed by atoms with E-state index in [0.29, 0.717) is 11.6 Å². The van der Waals surface area contributed by atoms with Gasteiger partial charge in [-0.1, -0.05) is 18.3 Å². The quantitative estimate of drug-likeness (QED) is 0.563. The third-order valence-corrected chi connectivity index (χ3v) is 4.68. The summed E-state index contributed by atoms with van der Waals surface area (Å²) < 4.78 is 0. The zero-order valence-corrected chi connectivity index (χ0v) is 14.0. The number of thiazole rings is 1. The van der Waals surface area contributed by atoms with E-state index in [-0.39, 0.29) is 17.9 Å². The van der Waals surface area contributed by atoms with E-state index in [1.54, 1.807) is 0 Å². The van der Waals surface area contributed by atoms with E-state index in [1.807, 2.05) is 29.3 Å². The highest BCUT2D eigenvalue weighted by atomic mass is 32.1. The van der Waals surface area contributed by atoms with Gasteiger partial charge in [0, 0.05) is 29.1 Å². The molecule has 6 nitrogen and oxygen atoms in total. The molecule has 1 aromatic heterocycles. The summed E-state index contributed by atoms with van der Waals surface area (Å²) in [4.78, 5) is 21.3. The predicted octanol–water partition coefficient (Wildman–Crippen LogP) is 0.483. The third kappa shape index (κ3) is 2.92. The summed E-state index contributed by atoms with van der Waals surface area (Å²) in [6.07, 6.45) is 1.39. The Kier molecular flexibility index (Phi) is 4.04. The number of rotatable bonds is 3. The second-order valence-corrected chi connectivity index (χ2v) is 6.49. The molecular formula is C16H20N5OS+. The lowest BCUT2D eigenvalue weighted by molar-refractivity contribution is -0.355. The molecule has 23 heavy (non-hydrogen) atoms. The fourth-order valence-electron chi connectivity index (χ4n) is 2.93. The molecule has 2 heterocycles. The number of hydrogen-bond donors (Lipinski definition) is 3. The molecule has 0 fully saturated rings. The molecule has 0 saturated carbocycles. The van der Waals surface area contributed by atoms with Crippen LogP contribution in [-0.4, -0.2) is 22.9 Å². The Labute approximate surface area is 138 Å². The normalized spacial score (nSPS) is 16.3. The molecule has 1 aliphatic heterocycles. The van der Waals surface area contributed by atoms with Gasteiger partial charge in [-0.05, 0) is 37.1 Å². The second-order valence-electron chi connectivity index (χ2n) is 5.63. The van der Waals surface area contributed by atoms with Crippen molar-refractivity contribution in [3.8, 4) is 11.3 Å². The van der Waals surface area contributed by atoms with Crippen LogP contribution in [0, 0.1) is 0 Å². The maximum atomic E-state index is 12.1. The number of hydrogen-bond acceptors (Lipinski definition) is 3. The van der Waals surface area contributed by atoms with Gasteiger partial charge in [-0.25, -0.2) is 4.99 Å². The van der Waals surface area contributed by atoms with Gasteiger partial charge < -0.3 is 16.4 Å². The van der Waals surface area contributed by atoms with Gasteiger partial charge in [-0.2, -0.15) is 0 Å². The minimum absolute atomic E-state index is 0.127. The number of nitrogens with one attached hydrogen (secondary N) is 1. The number of anilines is 1. The van der Waals surface area contributed by atoms with Gasteiger partial charge in [0.25, 0.3) is 5.13 Å². The van der Waals surface area contributed by atoms with Crippen LogP contribution < -0.4 is 21.4 Å². The second kappa shape index (κ2) is 6.00. The van der Waals surface area contributed by atoms with Gasteiger partial charge in [0.05, 0.1) is 0 Å². The molecule has 2 aromatic rings. The van der Waals surface area contributed by atoms with Gasteiger partial charge >= 0.3 is 5.96 Å². The van der Waals surface area contributed by atoms with Gasteiger partial charge in [-0.3, -0.25) is 4.79 Å². The number of carbonyl (C=O) groups is 1.